The summed E-state index contributed by atoms with van der Waals surface area (Å²) >= 11 is 0. The van der Waals surface area contributed by atoms with E-state index in [9.17, 15) is 9.46 Å². The maximum absolute atomic E-state index is 9.38. The average molecular weight is 390 g/mol. The summed E-state index contributed by atoms with van der Waals surface area (Å²) in [6, 6.07) is 0. The Morgan fingerprint density at radius 2 is 1.29 bits per heavy atom. The van der Waals surface area contributed by atoms with Crippen LogP contribution in [0.15, 0.2) is 0 Å². The van der Waals surface area contributed by atoms with Crippen molar-refractivity contribution in [3.8, 4) is 0 Å². The summed E-state index contributed by atoms with van der Waals surface area (Å²) < 4.78 is 12.6. The Kier molecular flexibility index (Phi) is 12.6. The fourth-order valence-corrected chi connectivity index (χ4v) is 0.900. The van der Waals surface area contributed by atoms with Gasteiger partial charge in [0.25, 0.3) is 0 Å². The van der Waals surface area contributed by atoms with Crippen LogP contribution in [0.2, 0.25) is 0 Å². The van der Waals surface area contributed by atoms with E-state index in [1.165, 1.54) is 0 Å². The van der Waals surface area contributed by atoms with Gasteiger partial charge in [-0.3, -0.25) is 0 Å². The second-order valence-electron chi connectivity index (χ2n) is 1.41. The van der Waals surface area contributed by atoms with Crippen molar-refractivity contribution < 1.29 is 82.8 Å². The Morgan fingerprint density at radius 1 is 1.07 bits per heavy atom. The molecule has 1 atom stereocenters. The fraction of sp³-hybridized carbons (Fsp3) is 0. The normalized spacial score (nSPS) is 12.1. The molecule has 0 rings (SSSR count). The maximum atomic E-state index is 9.38. The van der Waals surface area contributed by atoms with Crippen LogP contribution in [0.4, 0.5) is 0 Å². The molecule has 0 saturated heterocycles. The predicted molar refractivity (Wildman–Crippen MR) is 29.1 cm³/mol. The summed E-state index contributed by atoms with van der Waals surface area (Å²) in [5.74, 6) is 0. The van der Waals surface area contributed by atoms with E-state index >= 15 is 0 Å². The molecule has 0 saturated carbocycles. The quantitative estimate of drug-likeness (QED) is 0.259. The Bertz CT molecular complexity index is 150. The summed E-state index contributed by atoms with van der Waals surface area (Å²) in [5, 5.41) is 0. The zero-order valence-electron chi connectivity index (χ0n) is 6.26. The van der Waals surface area contributed by atoms with E-state index in [1.807, 2.05) is 0 Å². The van der Waals surface area contributed by atoms with Crippen LogP contribution >= 0.6 is 8.25 Å². The summed E-state index contributed by atoms with van der Waals surface area (Å²) in [6.07, 6.45) is 0. The molecule has 0 spiro atoms. The first-order valence-corrected chi connectivity index (χ1v) is 6.78. The molecule has 4 N–H and O–H groups in total. The maximum Gasteiger partial charge on any atom is 3.00 e. The molecular formula is H4LaO10PSi2. The van der Waals surface area contributed by atoms with Crippen LogP contribution in [-0.2, 0) is 8.78 Å². The molecule has 0 fully saturated rings. The van der Waals surface area contributed by atoms with Crippen LogP contribution in [0.3, 0.4) is 0 Å². The third kappa shape index (κ3) is 50.4. The van der Waals surface area contributed by atoms with Crippen molar-refractivity contribution in [2.75, 3.05) is 0 Å². The first-order valence-electron chi connectivity index (χ1n) is 2.26. The molecule has 0 aliphatic heterocycles. The molecule has 10 nitrogen and oxygen atoms in total. The third-order valence-corrected chi connectivity index (χ3v) is 1.77. The van der Waals surface area contributed by atoms with Gasteiger partial charge < -0.3 is 38.5 Å². The van der Waals surface area contributed by atoms with Gasteiger partial charge in [0.2, 0.25) is 0 Å². The Balaban J connectivity index is -0.000000177. The Hall–Kier alpha value is 1.37. The standard InChI is InChI=1S/La.H3O6PSi.HO4Si/c;1-7(2)6-8(3,4)5;1-5(2,3)4/h;3-5H;1H/q+3;;-3. The van der Waals surface area contributed by atoms with Crippen LogP contribution < -0.4 is 19.3 Å². The van der Waals surface area contributed by atoms with Crippen molar-refractivity contribution >= 4 is 26.4 Å². The zero-order chi connectivity index (χ0) is 11.3. The van der Waals surface area contributed by atoms with Gasteiger partial charge in [-0.1, -0.05) is 0 Å². The van der Waals surface area contributed by atoms with Crippen LogP contribution in [0.25, 0.3) is 0 Å². The number of rotatable bonds is 2. The van der Waals surface area contributed by atoms with E-state index in [0.29, 0.717) is 0 Å². The first kappa shape index (κ1) is 20.7. The molecule has 0 heterocycles. The molecule has 80 valence electrons. The van der Waals surface area contributed by atoms with Gasteiger partial charge in [0.15, 0.2) is 0 Å². The van der Waals surface area contributed by atoms with E-state index in [0.717, 1.165) is 0 Å². The molecule has 0 aromatic rings. The van der Waals surface area contributed by atoms with Gasteiger partial charge in [-0.05, 0) is 4.57 Å². The minimum absolute atomic E-state index is 0. The van der Waals surface area contributed by atoms with Crippen LogP contribution in [0.5, 0.6) is 0 Å². The second kappa shape index (κ2) is 8.51. The fourth-order valence-electron chi connectivity index (χ4n) is 0.100. The largest absolute Gasteiger partial charge is 3.00 e. The van der Waals surface area contributed by atoms with E-state index < -0.39 is 26.4 Å². The zero-order valence-corrected chi connectivity index (χ0v) is 12.8. The van der Waals surface area contributed by atoms with Crippen LogP contribution in [0.1, 0.15) is 0 Å². The SMILES string of the molecule is O=[P+]([O-])O[Si](O)(O)O.[La+3].[O-][Si]([O-])([O-])O. The average Bonchev–Trinajstić information content (AvgIpc) is 1.47. The van der Waals surface area contributed by atoms with E-state index in [2.05, 4.69) is 4.21 Å². The van der Waals surface area contributed by atoms with Crippen molar-refractivity contribution in [1.29, 1.82) is 0 Å². The molecule has 0 bridgehead atoms. The van der Waals surface area contributed by atoms with E-state index in [4.69, 9.17) is 33.6 Å². The molecule has 0 radical (unpaired) electrons. The minimum atomic E-state index is -5.36. The van der Waals surface area contributed by atoms with E-state index in [-0.39, 0.29) is 35.6 Å². The summed E-state index contributed by atoms with van der Waals surface area (Å²) in [7, 11) is -13.6. The summed E-state index contributed by atoms with van der Waals surface area (Å²) in [5.41, 5.74) is 0. The number of hydrogen-bond donors (Lipinski definition) is 4. The van der Waals surface area contributed by atoms with Crippen molar-refractivity contribution in [3.63, 3.8) is 0 Å². The third-order valence-electron chi connectivity index (χ3n) is 0.197. The smallest absolute Gasteiger partial charge is 0.861 e. The van der Waals surface area contributed by atoms with Gasteiger partial charge >= 0.3 is 52.9 Å². The summed E-state index contributed by atoms with van der Waals surface area (Å²) in [6.45, 7) is 0. The van der Waals surface area contributed by atoms with Crippen molar-refractivity contribution in [1.82, 2.24) is 0 Å². The Morgan fingerprint density at radius 3 is 1.29 bits per heavy atom. The molecule has 0 amide bonds. The molecule has 14 heteroatoms. The van der Waals surface area contributed by atoms with Gasteiger partial charge in [-0.25, -0.2) is 0 Å². The van der Waals surface area contributed by atoms with Crippen LogP contribution in [-0.4, -0.2) is 37.3 Å². The van der Waals surface area contributed by atoms with Crippen molar-refractivity contribution in [2.45, 2.75) is 0 Å². The van der Waals surface area contributed by atoms with Gasteiger partial charge in [-0.15, -0.1) is 13.3 Å². The molecular weight excluding hydrogens is 386 g/mol. The number of hydrogen-bond acceptors (Lipinski definition) is 10. The summed E-state index contributed by atoms with van der Waals surface area (Å²) in [4.78, 5) is 65.9. The molecule has 1 unspecified atom stereocenters. The molecule has 0 aliphatic rings. The molecule has 0 aromatic carbocycles. The molecule has 0 aromatic heterocycles. The second-order valence-corrected chi connectivity index (χ2v) is 4.79. The topological polar surface area (TPSA) is 199 Å². The minimum Gasteiger partial charge on any atom is -0.861 e. The van der Waals surface area contributed by atoms with Crippen LogP contribution in [0, 0.1) is 35.6 Å². The van der Waals surface area contributed by atoms with Gasteiger partial charge in [-0.2, -0.15) is 0 Å². The predicted octanol–water partition coefficient (Wildman–Crippen LogP) is -7.07. The molecule has 0 aliphatic carbocycles. The van der Waals surface area contributed by atoms with Gasteiger partial charge in [0.05, 0.1) is 0 Å². The van der Waals surface area contributed by atoms with E-state index in [1.54, 1.807) is 0 Å². The van der Waals surface area contributed by atoms with Crippen molar-refractivity contribution in [3.05, 3.63) is 0 Å². The Labute approximate surface area is 109 Å². The monoisotopic (exact) mass is 390 g/mol. The van der Waals surface area contributed by atoms with Gasteiger partial charge in [0.1, 0.15) is 0 Å². The first-order chi connectivity index (χ1) is 5.42. The van der Waals surface area contributed by atoms with Crippen molar-refractivity contribution in [2.24, 2.45) is 0 Å². The van der Waals surface area contributed by atoms with Gasteiger partial charge in [0, 0.05) is 0 Å². The molecule has 14 heavy (non-hydrogen) atoms.